The molecule has 0 saturated carbocycles. The molecule has 2 rings (SSSR count). The van der Waals surface area contributed by atoms with Crippen molar-refractivity contribution in [2.24, 2.45) is 11.1 Å². The van der Waals surface area contributed by atoms with Crippen LogP contribution in [0.2, 0.25) is 0 Å². The lowest BCUT2D eigenvalue weighted by Crippen LogP contribution is -2.53. The van der Waals surface area contributed by atoms with Gasteiger partial charge in [0, 0.05) is 32.3 Å². The highest BCUT2D eigenvalue weighted by atomic mass is 35.5. The minimum absolute atomic E-state index is 0. The monoisotopic (exact) mass is 355 g/mol. The van der Waals surface area contributed by atoms with Crippen LogP contribution in [0.4, 0.5) is 0 Å². The predicted octanol–water partition coefficient (Wildman–Crippen LogP) is 1.58. The van der Waals surface area contributed by atoms with Crippen molar-refractivity contribution < 1.29 is 9.53 Å². The molecule has 0 spiro atoms. The molecule has 7 heteroatoms. The Hall–Kier alpha value is -0.0700. The summed E-state index contributed by atoms with van der Waals surface area (Å²) in [6.45, 7) is 6.90. The second-order valence-corrected chi connectivity index (χ2v) is 6.09. The van der Waals surface area contributed by atoms with E-state index in [1.165, 1.54) is 19.3 Å². The summed E-state index contributed by atoms with van der Waals surface area (Å²) in [4.78, 5) is 15.0. The van der Waals surface area contributed by atoms with Crippen molar-refractivity contribution >= 4 is 30.7 Å². The van der Waals surface area contributed by atoms with Crippen molar-refractivity contribution in [2.75, 3.05) is 39.4 Å². The van der Waals surface area contributed by atoms with E-state index in [2.05, 4.69) is 17.1 Å². The first-order valence-corrected chi connectivity index (χ1v) is 8.02. The van der Waals surface area contributed by atoms with Gasteiger partial charge in [-0.25, -0.2) is 0 Å². The third-order valence-corrected chi connectivity index (χ3v) is 4.98. The Labute approximate surface area is 146 Å². The lowest BCUT2D eigenvalue weighted by Gasteiger charge is -2.38. The van der Waals surface area contributed by atoms with E-state index in [4.69, 9.17) is 10.5 Å². The molecule has 5 nitrogen and oxygen atoms in total. The Balaban J connectivity index is 0.00000220. The molecule has 2 heterocycles. The van der Waals surface area contributed by atoms with Gasteiger partial charge in [0.15, 0.2) is 0 Å². The van der Waals surface area contributed by atoms with E-state index in [1.54, 1.807) is 0 Å². The molecule has 0 aliphatic carbocycles. The number of piperidine rings is 1. The first-order valence-electron chi connectivity index (χ1n) is 8.02. The molecule has 132 valence electrons. The van der Waals surface area contributed by atoms with Crippen LogP contribution in [0.5, 0.6) is 0 Å². The molecule has 1 unspecified atom stereocenters. The Bertz CT molecular complexity index is 326. The zero-order valence-corrected chi connectivity index (χ0v) is 15.1. The van der Waals surface area contributed by atoms with Crippen LogP contribution in [0.1, 0.15) is 39.0 Å². The summed E-state index contributed by atoms with van der Waals surface area (Å²) in [5.41, 5.74) is 5.48. The number of amides is 1. The fourth-order valence-corrected chi connectivity index (χ4v) is 3.39. The fourth-order valence-electron chi connectivity index (χ4n) is 3.39. The number of likely N-dealkylation sites (N-methyl/N-ethyl adjacent to an activating group) is 1. The molecule has 22 heavy (non-hydrogen) atoms. The summed E-state index contributed by atoms with van der Waals surface area (Å²) in [5, 5.41) is 3.16. The lowest BCUT2D eigenvalue weighted by molar-refractivity contribution is -0.136. The Morgan fingerprint density at radius 1 is 1.32 bits per heavy atom. The van der Waals surface area contributed by atoms with Crippen LogP contribution in [0.25, 0.3) is 0 Å². The number of nitrogens with one attached hydrogen (secondary N) is 1. The smallest absolute Gasteiger partial charge is 0.227 e. The van der Waals surface area contributed by atoms with Crippen LogP contribution >= 0.6 is 24.8 Å². The summed E-state index contributed by atoms with van der Waals surface area (Å²) < 4.78 is 5.36. The quantitative estimate of drug-likeness (QED) is 0.785. The number of ether oxygens (including phenoxy) is 1. The molecule has 2 saturated heterocycles. The van der Waals surface area contributed by atoms with Crippen molar-refractivity contribution in [1.82, 2.24) is 10.2 Å². The Kier molecular flexibility index (Phi) is 10.6. The van der Waals surface area contributed by atoms with Crippen molar-refractivity contribution in [1.29, 1.82) is 0 Å². The second kappa shape index (κ2) is 10.7. The van der Waals surface area contributed by atoms with Crippen molar-refractivity contribution in [3.63, 3.8) is 0 Å². The maximum atomic E-state index is 12.5. The van der Waals surface area contributed by atoms with Crippen LogP contribution in [0, 0.1) is 5.41 Å². The van der Waals surface area contributed by atoms with Gasteiger partial charge in [-0.05, 0) is 38.8 Å². The highest BCUT2D eigenvalue weighted by molar-refractivity contribution is 5.85. The number of carbonyl (C=O) groups is 1. The molecule has 2 aliphatic rings. The van der Waals surface area contributed by atoms with Gasteiger partial charge < -0.3 is 15.8 Å². The van der Waals surface area contributed by atoms with Gasteiger partial charge in [-0.15, -0.1) is 24.8 Å². The molecule has 1 atom stereocenters. The zero-order chi connectivity index (χ0) is 14.4. The maximum Gasteiger partial charge on any atom is 0.227 e. The number of nitrogens with two attached hydrogens (primary N) is 1. The molecular weight excluding hydrogens is 325 g/mol. The molecule has 1 amide bonds. The molecule has 3 N–H and O–H groups in total. The van der Waals surface area contributed by atoms with Crippen molar-refractivity contribution in [3.8, 4) is 0 Å². The number of hydrogen-bond donors (Lipinski definition) is 2. The minimum Gasteiger partial charge on any atom is -0.381 e. The number of hydrogen-bond acceptors (Lipinski definition) is 4. The molecular formula is C15H31Cl2N3O2. The molecule has 2 fully saturated rings. The first kappa shape index (κ1) is 21.9. The molecule has 0 radical (unpaired) electrons. The lowest BCUT2D eigenvalue weighted by atomic mass is 9.79. The number of rotatable bonds is 5. The van der Waals surface area contributed by atoms with E-state index in [0.29, 0.717) is 25.8 Å². The summed E-state index contributed by atoms with van der Waals surface area (Å²) in [6.07, 6.45) is 5.23. The normalized spacial score (nSPS) is 24.7. The van der Waals surface area contributed by atoms with Gasteiger partial charge in [-0.1, -0.05) is 13.3 Å². The molecule has 0 bridgehead atoms. The highest BCUT2D eigenvalue weighted by Gasteiger charge is 2.39. The van der Waals surface area contributed by atoms with Crippen LogP contribution in [-0.4, -0.2) is 56.2 Å². The third kappa shape index (κ3) is 5.24. The largest absolute Gasteiger partial charge is 0.381 e. The zero-order valence-electron chi connectivity index (χ0n) is 13.5. The van der Waals surface area contributed by atoms with Gasteiger partial charge in [0.25, 0.3) is 0 Å². The van der Waals surface area contributed by atoms with Crippen LogP contribution in [-0.2, 0) is 9.53 Å². The Morgan fingerprint density at radius 2 is 2.00 bits per heavy atom. The van der Waals surface area contributed by atoms with Gasteiger partial charge in [-0.3, -0.25) is 9.69 Å². The van der Waals surface area contributed by atoms with Crippen LogP contribution in [0.3, 0.4) is 0 Å². The van der Waals surface area contributed by atoms with E-state index in [9.17, 15) is 4.79 Å². The van der Waals surface area contributed by atoms with Gasteiger partial charge >= 0.3 is 0 Å². The van der Waals surface area contributed by atoms with Crippen molar-refractivity contribution in [3.05, 3.63) is 0 Å². The van der Waals surface area contributed by atoms with E-state index in [1.807, 2.05) is 0 Å². The van der Waals surface area contributed by atoms with E-state index >= 15 is 0 Å². The predicted molar refractivity (Wildman–Crippen MR) is 93.9 cm³/mol. The van der Waals surface area contributed by atoms with Crippen LogP contribution < -0.4 is 11.1 Å². The average molecular weight is 356 g/mol. The standard InChI is InChI=1S/C15H29N3O2.2ClH/c1-2-18-8-4-3-5-13(18)11-17-14(19)15(12-16)6-9-20-10-7-15;;/h13H,2-12,16H2,1H3,(H,17,19);2*1H. The van der Waals surface area contributed by atoms with E-state index in [-0.39, 0.29) is 30.7 Å². The van der Waals surface area contributed by atoms with E-state index in [0.717, 1.165) is 32.5 Å². The first-order chi connectivity index (χ1) is 9.72. The number of carbonyl (C=O) groups excluding carboxylic acids is 1. The highest BCUT2D eigenvalue weighted by Crippen LogP contribution is 2.29. The fraction of sp³-hybridized carbons (Fsp3) is 0.933. The molecule has 2 aliphatic heterocycles. The van der Waals surface area contributed by atoms with Gasteiger partial charge in [0.1, 0.15) is 0 Å². The topological polar surface area (TPSA) is 67.6 Å². The average Bonchev–Trinajstić information content (AvgIpc) is 2.53. The number of halogens is 2. The van der Waals surface area contributed by atoms with Crippen molar-refractivity contribution in [2.45, 2.75) is 45.1 Å². The third-order valence-electron chi connectivity index (χ3n) is 4.98. The molecule has 0 aromatic carbocycles. The second-order valence-electron chi connectivity index (χ2n) is 6.09. The molecule has 0 aromatic rings. The summed E-state index contributed by atoms with van der Waals surface area (Å²) >= 11 is 0. The number of likely N-dealkylation sites (tertiary alicyclic amines) is 1. The summed E-state index contributed by atoms with van der Waals surface area (Å²) in [6, 6.07) is 0.493. The van der Waals surface area contributed by atoms with E-state index < -0.39 is 5.41 Å². The summed E-state index contributed by atoms with van der Waals surface area (Å²) in [7, 11) is 0. The maximum absolute atomic E-state index is 12.5. The molecule has 0 aromatic heterocycles. The van der Waals surface area contributed by atoms with Crippen LogP contribution in [0.15, 0.2) is 0 Å². The minimum atomic E-state index is -0.399. The van der Waals surface area contributed by atoms with Gasteiger partial charge in [0.2, 0.25) is 5.91 Å². The Morgan fingerprint density at radius 3 is 2.59 bits per heavy atom. The van der Waals surface area contributed by atoms with Gasteiger partial charge in [-0.2, -0.15) is 0 Å². The summed E-state index contributed by atoms with van der Waals surface area (Å²) in [5.74, 6) is 0.130. The SMILES string of the molecule is CCN1CCCCC1CNC(=O)C1(CN)CCOCC1.Cl.Cl. The van der Waals surface area contributed by atoms with Gasteiger partial charge in [0.05, 0.1) is 5.41 Å². The number of nitrogens with zero attached hydrogens (tertiary/aromatic N) is 1.